The molecule has 0 radical (unpaired) electrons. The highest BCUT2D eigenvalue weighted by Crippen LogP contribution is 2.19. The minimum Gasteiger partial charge on any atom is -0.352 e. The van der Waals surface area contributed by atoms with Gasteiger partial charge in [-0.2, -0.15) is 0 Å². The summed E-state index contributed by atoms with van der Waals surface area (Å²) in [6.45, 7) is 5.10. The normalized spacial score (nSPS) is 11.1. The van der Waals surface area contributed by atoms with Crippen molar-refractivity contribution in [3.05, 3.63) is 83.1 Å². The second kappa shape index (κ2) is 8.63. The van der Waals surface area contributed by atoms with Crippen LogP contribution in [0, 0.1) is 0 Å². The molecule has 0 aliphatic rings. The lowest BCUT2D eigenvalue weighted by atomic mass is 10.2. The van der Waals surface area contributed by atoms with Crippen LogP contribution in [0.25, 0.3) is 17.1 Å². The fourth-order valence-electron chi connectivity index (χ4n) is 2.76. The van der Waals surface area contributed by atoms with Crippen LogP contribution >= 0.6 is 15.9 Å². The highest BCUT2D eigenvalue weighted by molar-refractivity contribution is 9.11. The van der Waals surface area contributed by atoms with E-state index in [4.69, 9.17) is 0 Å². The van der Waals surface area contributed by atoms with Gasteiger partial charge in [-0.1, -0.05) is 65.0 Å². The smallest absolute Gasteiger partial charge is 0.244 e. The average Bonchev–Trinajstić information content (AvgIpc) is 2.98. The van der Waals surface area contributed by atoms with Gasteiger partial charge in [-0.25, -0.2) is 4.98 Å². The van der Waals surface area contributed by atoms with E-state index < -0.39 is 0 Å². The van der Waals surface area contributed by atoms with Crippen LogP contribution in [0.4, 0.5) is 0 Å². The molecule has 1 amide bonds. The molecule has 0 saturated carbocycles. The molecule has 0 aliphatic heterocycles. The first-order valence-corrected chi connectivity index (χ1v) is 9.21. The zero-order valence-corrected chi connectivity index (χ0v) is 15.9. The summed E-state index contributed by atoms with van der Waals surface area (Å²) in [5.41, 5.74) is 3.02. The fraction of sp³-hybridized carbons (Fsp3) is 0.143. The Kier molecular flexibility index (Phi) is 6.02. The van der Waals surface area contributed by atoms with Gasteiger partial charge in [0.25, 0.3) is 0 Å². The predicted octanol–water partition coefficient (Wildman–Crippen LogP) is 4.32. The van der Waals surface area contributed by atoms with Crippen LogP contribution in [0.5, 0.6) is 0 Å². The second-order valence-corrected chi connectivity index (χ2v) is 7.03. The highest BCUT2D eigenvalue weighted by atomic mass is 79.9. The van der Waals surface area contributed by atoms with E-state index >= 15 is 0 Å². The SMILES string of the molecule is C=C(Br)Cn1c(CCNC(=O)/C=C/c2ccccc2)nc2ccccc21. The summed E-state index contributed by atoms with van der Waals surface area (Å²) >= 11 is 3.43. The van der Waals surface area contributed by atoms with E-state index in [0.717, 1.165) is 26.9 Å². The molecule has 0 bridgehead atoms. The minimum atomic E-state index is -0.110. The lowest BCUT2D eigenvalue weighted by Gasteiger charge is -2.08. The maximum atomic E-state index is 12.0. The molecule has 26 heavy (non-hydrogen) atoms. The van der Waals surface area contributed by atoms with Crippen LogP contribution in [0.15, 0.2) is 71.7 Å². The highest BCUT2D eigenvalue weighted by Gasteiger charge is 2.10. The van der Waals surface area contributed by atoms with Gasteiger partial charge in [0.05, 0.1) is 17.6 Å². The molecule has 132 valence electrons. The monoisotopic (exact) mass is 409 g/mol. The second-order valence-electron chi connectivity index (χ2n) is 5.91. The van der Waals surface area contributed by atoms with Crippen LogP contribution < -0.4 is 5.32 Å². The van der Waals surface area contributed by atoms with Gasteiger partial charge < -0.3 is 9.88 Å². The number of aromatic nitrogens is 2. The predicted molar refractivity (Wildman–Crippen MR) is 110 cm³/mol. The van der Waals surface area contributed by atoms with E-state index in [-0.39, 0.29) is 5.91 Å². The first kappa shape index (κ1) is 18.1. The number of amides is 1. The van der Waals surface area contributed by atoms with Gasteiger partial charge in [-0.3, -0.25) is 4.79 Å². The van der Waals surface area contributed by atoms with Crippen molar-refractivity contribution in [2.24, 2.45) is 0 Å². The van der Waals surface area contributed by atoms with Crippen LogP contribution in [-0.4, -0.2) is 22.0 Å². The number of carbonyl (C=O) groups excluding carboxylic acids is 1. The number of fused-ring (bicyclic) bond motifs is 1. The molecule has 5 heteroatoms. The lowest BCUT2D eigenvalue weighted by Crippen LogP contribution is -2.24. The van der Waals surface area contributed by atoms with Crippen molar-refractivity contribution >= 4 is 38.9 Å². The van der Waals surface area contributed by atoms with Crippen LogP contribution in [0.1, 0.15) is 11.4 Å². The van der Waals surface area contributed by atoms with Crippen molar-refractivity contribution in [2.75, 3.05) is 6.54 Å². The number of nitrogens with zero attached hydrogens (tertiary/aromatic N) is 2. The first-order valence-electron chi connectivity index (χ1n) is 8.42. The van der Waals surface area contributed by atoms with E-state index in [2.05, 4.69) is 37.4 Å². The van der Waals surface area contributed by atoms with Gasteiger partial charge in [0.1, 0.15) is 5.82 Å². The largest absolute Gasteiger partial charge is 0.352 e. The summed E-state index contributed by atoms with van der Waals surface area (Å²) in [5.74, 6) is 0.820. The van der Waals surface area contributed by atoms with Crippen LogP contribution in [0.2, 0.25) is 0 Å². The summed E-state index contributed by atoms with van der Waals surface area (Å²) in [6.07, 6.45) is 4.01. The maximum absolute atomic E-state index is 12.0. The molecule has 0 fully saturated rings. The lowest BCUT2D eigenvalue weighted by molar-refractivity contribution is -0.116. The van der Waals surface area contributed by atoms with E-state index in [1.807, 2.05) is 54.6 Å². The zero-order chi connectivity index (χ0) is 18.4. The van der Waals surface area contributed by atoms with Crippen molar-refractivity contribution in [1.29, 1.82) is 0 Å². The molecular weight excluding hydrogens is 390 g/mol. The number of rotatable bonds is 7. The third-order valence-electron chi connectivity index (χ3n) is 3.94. The number of para-hydroxylation sites is 2. The molecule has 3 rings (SSSR count). The number of imidazole rings is 1. The van der Waals surface area contributed by atoms with E-state index in [1.165, 1.54) is 0 Å². The standard InChI is InChI=1S/C21H20BrN3O/c1-16(22)15-25-19-10-6-5-9-18(19)24-20(25)13-14-23-21(26)12-11-17-7-3-2-4-8-17/h2-12H,1,13-15H2,(H,23,26)/b12-11+. The van der Waals surface area contributed by atoms with Crippen molar-refractivity contribution < 1.29 is 4.79 Å². The minimum absolute atomic E-state index is 0.110. The van der Waals surface area contributed by atoms with Gasteiger partial charge in [-0.15, -0.1) is 0 Å². The Bertz CT molecular complexity index is 944. The summed E-state index contributed by atoms with van der Waals surface area (Å²) in [6, 6.07) is 17.8. The average molecular weight is 410 g/mol. The number of hydrogen-bond donors (Lipinski definition) is 1. The molecule has 0 atom stereocenters. The quantitative estimate of drug-likeness (QED) is 0.590. The number of nitrogens with one attached hydrogen (secondary N) is 1. The Hall–Kier alpha value is -2.66. The number of allylic oxidation sites excluding steroid dienone is 1. The molecule has 0 spiro atoms. The van der Waals surface area contributed by atoms with Gasteiger partial charge >= 0.3 is 0 Å². The number of halogens is 1. The Balaban J connectivity index is 1.63. The molecule has 0 unspecified atom stereocenters. The van der Waals surface area contributed by atoms with Gasteiger partial charge in [-0.05, 0) is 23.8 Å². The molecule has 1 aromatic heterocycles. The first-order chi connectivity index (χ1) is 12.6. The van der Waals surface area contributed by atoms with E-state index in [1.54, 1.807) is 12.2 Å². The van der Waals surface area contributed by atoms with Gasteiger partial charge in [0, 0.05) is 23.5 Å². The summed E-state index contributed by atoms with van der Waals surface area (Å²) in [5, 5.41) is 2.91. The molecule has 4 nitrogen and oxygen atoms in total. The molecule has 0 saturated heterocycles. The van der Waals surface area contributed by atoms with Gasteiger partial charge in [0.2, 0.25) is 5.91 Å². The van der Waals surface area contributed by atoms with Gasteiger partial charge in [0.15, 0.2) is 0 Å². The summed E-state index contributed by atoms with van der Waals surface area (Å²) in [4.78, 5) is 16.7. The van der Waals surface area contributed by atoms with Crippen molar-refractivity contribution in [2.45, 2.75) is 13.0 Å². The van der Waals surface area contributed by atoms with E-state index in [9.17, 15) is 4.79 Å². The molecule has 2 aromatic carbocycles. The summed E-state index contributed by atoms with van der Waals surface area (Å²) < 4.78 is 3.01. The third kappa shape index (κ3) is 4.70. The molecular formula is C21H20BrN3O. The van der Waals surface area contributed by atoms with Crippen LogP contribution in [0.3, 0.4) is 0 Å². The summed E-state index contributed by atoms with van der Waals surface area (Å²) in [7, 11) is 0. The topological polar surface area (TPSA) is 46.9 Å². The third-order valence-corrected chi connectivity index (χ3v) is 4.19. The number of benzene rings is 2. The molecule has 1 heterocycles. The Morgan fingerprint density at radius 3 is 2.65 bits per heavy atom. The molecule has 3 aromatic rings. The Morgan fingerprint density at radius 2 is 1.88 bits per heavy atom. The Labute approximate surface area is 161 Å². The molecule has 1 N–H and O–H groups in total. The van der Waals surface area contributed by atoms with Crippen molar-refractivity contribution in [3.8, 4) is 0 Å². The fourth-order valence-corrected chi connectivity index (χ4v) is 3.01. The van der Waals surface area contributed by atoms with Crippen molar-refractivity contribution in [1.82, 2.24) is 14.9 Å². The number of carbonyl (C=O) groups is 1. The van der Waals surface area contributed by atoms with E-state index in [0.29, 0.717) is 19.5 Å². The zero-order valence-electron chi connectivity index (χ0n) is 14.4. The van der Waals surface area contributed by atoms with Crippen molar-refractivity contribution in [3.63, 3.8) is 0 Å². The number of hydrogen-bond acceptors (Lipinski definition) is 2. The molecule has 0 aliphatic carbocycles. The van der Waals surface area contributed by atoms with Crippen LogP contribution in [-0.2, 0) is 17.8 Å². The maximum Gasteiger partial charge on any atom is 0.244 e. The Morgan fingerprint density at radius 1 is 1.15 bits per heavy atom.